The maximum Gasteiger partial charge on any atom is 0.142 e. The maximum absolute atomic E-state index is 5.33. The Kier molecular flexibility index (Phi) is 2.59. The quantitative estimate of drug-likeness (QED) is 0.707. The molecule has 1 heterocycles. The second kappa shape index (κ2) is 3.88. The molecule has 1 aliphatic rings. The van der Waals surface area contributed by atoms with Crippen LogP contribution in [0.1, 0.15) is 11.1 Å². The lowest BCUT2D eigenvalue weighted by Gasteiger charge is -2.14. The summed E-state index contributed by atoms with van der Waals surface area (Å²) in [6, 6.07) is 4.12. The van der Waals surface area contributed by atoms with Crippen LogP contribution >= 0.6 is 0 Å². The topological polar surface area (TPSA) is 33.3 Å². The van der Waals surface area contributed by atoms with Gasteiger partial charge in [0, 0.05) is 19.6 Å². The van der Waals surface area contributed by atoms with Crippen LogP contribution in [0, 0.1) is 6.92 Å². The minimum absolute atomic E-state index is 0.922. The van der Waals surface area contributed by atoms with Crippen molar-refractivity contribution in [3.05, 3.63) is 23.3 Å². The summed E-state index contributed by atoms with van der Waals surface area (Å²) in [4.78, 5) is 0. The smallest absolute Gasteiger partial charge is 0.142 e. The third-order valence-corrected chi connectivity index (χ3v) is 2.63. The highest BCUT2D eigenvalue weighted by Crippen LogP contribution is 2.31. The second-order valence-corrected chi connectivity index (χ2v) is 3.54. The van der Waals surface area contributed by atoms with E-state index >= 15 is 0 Å². The van der Waals surface area contributed by atoms with Gasteiger partial charge in [0.1, 0.15) is 5.75 Å². The second-order valence-electron chi connectivity index (χ2n) is 3.54. The normalized spacial score (nSPS) is 15.3. The van der Waals surface area contributed by atoms with Crippen molar-refractivity contribution in [3.8, 4) is 5.75 Å². The molecule has 1 aliphatic heterocycles. The summed E-state index contributed by atoms with van der Waals surface area (Å²) in [5.74, 6) is 0.939. The first-order chi connectivity index (χ1) is 6.83. The van der Waals surface area contributed by atoms with Crippen molar-refractivity contribution in [2.24, 2.45) is 0 Å². The fraction of sp³-hybridized carbons (Fsp3) is 0.455. The fourth-order valence-electron chi connectivity index (χ4n) is 1.81. The van der Waals surface area contributed by atoms with Crippen LogP contribution in [-0.4, -0.2) is 20.2 Å². The average molecular weight is 192 g/mol. The van der Waals surface area contributed by atoms with Gasteiger partial charge in [-0.05, 0) is 24.1 Å². The molecular formula is C11H16N2O. The van der Waals surface area contributed by atoms with Gasteiger partial charge in [0.05, 0.1) is 12.8 Å². The Bertz CT molecular complexity index is 336. The third-order valence-electron chi connectivity index (χ3n) is 2.63. The maximum atomic E-state index is 5.33. The molecule has 3 heteroatoms. The van der Waals surface area contributed by atoms with Crippen molar-refractivity contribution in [1.29, 1.82) is 0 Å². The van der Waals surface area contributed by atoms with Crippen LogP contribution in [0.5, 0.6) is 5.75 Å². The third kappa shape index (κ3) is 1.55. The summed E-state index contributed by atoms with van der Waals surface area (Å²) in [7, 11) is 1.71. The first-order valence-electron chi connectivity index (χ1n) is 4.94. The number of nitrogens with one attached hydrogen (secondary N) is 2. The number of methoxy groups -OCH3 is 1. The number of fused-ring (bicyclic) bond motifs is 1. The van der Waals surface area contributed by atoms with Gasteiger partial charge in [-0.3, -0.25) is 0 Å². The summed E-state index contributed by atoms with van der Waals surface area (Å²) >= 11 is 0. The van der Waals surface area contributed by atoms with Crippen LogP contribution in [-0.2, 0) is 6.54 Å². The molecule has 2 rings (SSSR count). The van der Waals surface area contributed by atoms with Gasteiger partial charge >= 0.3 is 0 Å². The molecule has 0 saturated heterocycles. The molecule has 0 fully saturated rings. The monoisotopic (exact) mass is 192 g/mol. The average Bonchev–Trinajstić information content (AvgIpc) is 2.44. The van der Waals surface area contributed by atoms with Crippen molar-refractivity contribution in [1.82, 2.24) is 5.32 Å². The van der Waals surface area contributed by atoms with E-state index in [2.05, 4.69) is 23.6 Å². The molecule has 0 spiro atoms. The molecule has 0 atom stereocenters. The zero-order valence-electron chi connectivity index (χ0n) is 8.68. The molecule has 76 valence electrons. The van der Waals surface area contributed by atoms with Gasteiger partial charge in [-0.15, -0.1) is 0 Å². The van der Waals surface area contributed by atoms with E-state index in [4.69, 9.17) is 4.74 Å². The number of hydrogen-bond acceptors (Lipinski definition) is 3. The van der Waals surface area contributed by atoms with Crippen molar-refractivity contribution in [2.75, 3.05) is 25.5 Å². The van der Waals surface area contributed by atoms with Gasteiger partial charge in [-0.1, -0.05) is 6.07 Å². The number of hydrogen-bond donors (Lipinski definition) is 2. The molecule has 0 bridgehead atoms. The molecule has 0 aromatic heterocycles. The molecule has 0 radical (unpaired) electrons. The molecule has 0 amide bonds. The molecule has 0 aliphatic carbocycles. The minimum atomic E-state index is 0.922. The van der Waals surface area contributed by atoms with Gasteiger partial charge in [0.2, 0.25) is 0 Å². The van der Waals surface area contributed by atoms with E-state index in [1.807, 2.05) is 6.07 Å². The standard InChI is InChI=1S/C11H16N2O/c1-8-3-4-10(14-2)11-9(8)7-12-5-6-13-11/h3-4,12-13H,5-7H2,1-2H3. The van der Waals surface area contributed by atoms with Crippen LogP contribution in [0.4, 0.5) is 5.69 Å². The van der Waals surface area contributed by atoms with Crippen molar-refractivity contribution in [3.63, 3.8) is 0 Å². The highest BCUT2D eigenvalue weighted by atomic mass is 16.5. The van der Waals surface area contributed by atoms with E-state index in [0.717, 1.165) is 31.1 Å². The molecule has 1 aromatic rings. The minimum Gasteiger partial charge on any atom is -0.495 e. The van der Waals surface area contributed by atoms with Gasteiger partial charge in [-0.25, -0.2) is 0 Å². The summed E-state index contributed by atoms with van der Waals surface area (Å²) in [5, 5.41) is 6.78. The summed E-state index contributed by atoms with van der Waals surface area (Å²) in [6.07, 6.45) is 0. The molecule has 14 heavy (non-hydrogen) atoms. The highest BCUT2D eigenvalue weighted by Gasteiger charge is 2.13. The van der Waals surface area contributed by atoms with E-state index in [9.17, 15) is 0 Å². The molecule has 0 saturated carbocycles. The zero-order valence-corrected chi connectivity index (χ0v) is 8.68. The van der Waals surface area contributed by atoms with Crippen molar-refractivity contribution in [2.45, 2.75) is 13.5 Å². The lowest BCUT2D eigenvalue weighted by atomic mass is 10.1. The van der Waals surface area contributed by atoms with Gasteiger partial charge in [-0.2, -0.15) is 0 Å². The van der Waals surface area contributed by atoms with Crippen molar-refractivity contribution >= 4 is 5.69 Å². The summed E-state index contributed by atoms with van der Waals surface area (Å²) in [6.45, 7) is 5.00. The van der Waals surface area contributed by atoms with Crippen molar-refractivity contribution < 1.29 is 4.74 Å². The van der Waals surface area contributed by atoms with Crippen LogP contribution in [0.3, 0.4) is 0 Å². The van der Waals surface area contributed by atoms with Crippen LogP contribution in [0.25, 0.3) is 0 Å². The lowest BCUT2D eigenvalue weighted by Crippen LogP contribution is -2.17. The predicted molar refractivity (Wildman–Crippen MR) is 57.9 cm³/mol. The molecule has 1 aromatic carbocycles. The lowest BCUT2D eigenvalue weighted by molar-refractivity contribution is 0.416. The Morgan fingerprint density at radius 3 is 2.93 bits per heavy atom. The summed E-state index contributed by atoms with van der Waals surface area (Å²) < 4.78 is 5.33. The van der Waals surface area contributed by atoms with E-state index in [1.54, 1.807) is 7.11 Å². The summed E-state index contributed by atoms with van der Waals surface area (Å²) in [5.41, 5.74) is 3.78. The van der Waals surface area contributed by atoms with Gasteiger partial charge < -0.3 is 15.4 Å². The van der Waals surface area contributed by atoms with Gasteiger partial charge in [0.25, 0.3) is 0 Å². The Morgan fingerprint density at radius 1 is 1.29 bits per heavy atom. The Balaban J connectivity index is 2.49. The molecular weight excluding hydrogens is 176 g/mol. The number of aryl methyl sites for hydroxylation is 1. The molecule has 0 unspecified atom stereocenters. The van der Waals surface area contributed by atoms with Crippen LogP contribution in [0.15, 0.2) is 12.1 Å². The zero-order chi connectivity index (χ0) is 9.97. The molecule has 2 N–H and O–H groups in total. The van der Waals surface area contributed by atoms with Crippen LogP contribution in [0.2, 0.25) is 0 Å². The van der Waals surface area contributed by atoms with E-state index in [0.29, 0.717) is 0 Å². The first kappa shape index (κ1) is 9.34. The Hall–Kier alpha value is -1.22. The molecule has 3 nitrogen and oxygen atoms in total. The Labute approximate surface area is 84.5 Å². The fourth-order valence-corrected chi connectivity index (χ4v) is 1.81. The number of ether oxygens (including phenoxy) is 1. The van der Waals surface area contributed by atoms with E-state index in [-0.39, 0.29) is 0 Å². The van der Waals surface area contributed by atoms with E-state index in [1.165, 1.54) is 11.1 Å². The Morgan fingerprint density at radius 2 is 2.14 bits per heavy atom. The SMILES string of the molecule is COc1ccc(C)c2c1NCCNC2. The first-order valence-corrected chi connectivity index (χ1v) is 4.94. The predicted octanol–water partition coefficient (Wildman–Crippen LogP) is 1.52. The number of rotatable bonds is 1. The largest absolute Gasteiger partial charge is 0.495 e. The van der Waals surface area contributed by atoms with E-state index < -0.39 is 0 Å². The van der Waals surface area contributed by atoms with Crippen LogP contribution < -0.4 is 15.4 Å². The highest BCUT2D eigenvalue weighted by molar-refractivity contribution is 5.64. The number of anilines is 1. The van der Waals surface area contributed by atoms with Gasteiger partial charge in [0.15, 0.2) is 0 Å². The number of benzene rings is 1.